The first-order chi connectivity index (χ1) is 8.70. The summed E-state index contributed by atoms with van der Waals surface area (Å²) in [5.74, 6) is 1.54. The van der Waals surface area contributed by atoms with Crippen LogP contribution < -0.4 is 10.6 Å². The Bertz CT molecular complexity index is 376. The number of nitrogens with zero attached hydrogens (tertiary/aromatic N) is 1. The summed E-state index contributed by atoms with van der Waals surface area (Å²) in [6.07, 6.45) is 9.15. The van der Waals surface area contributed by atoms with Gasteiger partial charge in [-0.1, -0.05) is 26.7 Å². The number of hydrogen-bond acceptors (Lipinski definition) is 3. The van der Waals surface area contributed by atoms with Crippen LogP contribution in [0.1, 0.15) is 39.5 Å². The fourth-order valence-electron chi connectivity index (χ4n) is 3.01. The van der Waals surface area contributed by atoms with Gasteiger partial charge in [-0.2, -0.15) is 0 Å². The van der Waals surface area contributed by atoms with Crippen LogP contribution in [-0.4, -0.2) is 18.1 Å². The lowest BCUT2D eigenvalue weighted by Gasteiger charge is -2.35. The van der Waals surface area contributed by atoms with Crippen LogP contribution >= 0.6 is 0 Å². The van der Waals surface area contributed by atoms with Crippen LogP contribution in [0.5, 0.6) is 0 Å². The van der Waals surface area contributed by atoms with Gasteiger partial charge in [0.25, 0.3) is 0 Å². The SMILES string of the molecule is CNc1cncc(NC2CCCCC2C(C)C)c1. The van der Waals surface area contributed by atoms with E-state index in [1.54, 1.807) is 0 Å². The number of anilines is 2. The van der Waals surface area contributed by atoms with Crippen LogP contribution in [0.4, 0.5) is 11.4 Å². The smallest absolute Gasteiger partial charge is 0.0549 e. The van der Waals surface area contributed by atoms with Gasteiger partial charge < -0.3 is 10.6 Å². The summed E-state index contributed by atoms with van der Waals surface area (Å²) in [5, 5.41) is 6.82. The molecule has 1 heterocycles. The van der Waals surface area contributed by atoms with E-state index in [0.29, 0.717) is 6.04 Å². The molecule has 0 spiro atoms. The van der Waals surface area contributed by atoms with Crippen LogP contribution in [0, 0.1) is 11.8 Å². The van der Waals surface area contributed by atoms with Crippen molar-refractivity contribution >= 4 is 11.4 Å². The zero-order valence-corrected chi connectivity index (χ0v) is 11.7. The van der Waals surface area contributed by atoms with E-state index in [0.717, 1.165) is 23.2 Å². The molecule has 1 aromatic heterocycles. The highest BCUT2D eigenvalue weighted by Gasteiger charge is 2.27. The third-order valence-corrected chi connectivity index (χ3v) is 4.05. The van der Waals surface area contributed by atoms with Crippen molar-refractivity contribution < 1.29 is 0 Å². The number of aromatic nitrogens is 1. The monoisotopic (exact) mass is 247 g/mol. The molecule has 2 atom stereocenters. The van der Waals surface area contributed by atoms with Crippen LogP contribution in [-0.2, 0) is 0 Å². The Kier molecular flexibility index (Phi) is 4.45. The normalized spacial score (nSPS) is 24.0. The first-order valence-corrected chi connectivity index (χ1v) is 7.10. The van der Waals surface area contributed by atoms with E-state index in [9.17, 15) is 0 Å². The average Bonchev–Trinajstić information content (AvgIpc) is 2.39. The highest BCUT2D eigenvalue weighted by atomic mass is 15.0. The number of hydrogen-bond donors (Lipinski definition) is 2. The third-order valence-electron chi connectivity index (χ3n) is 4.05. The second kappa shape index (κ2) is 6.07. The molecule has 3 heteroatoms. The summed E-state index contributed by atoms with van der Waals surface area (Å²) in [6, 6.07) is 2.74. The molecule has 2 rings (SSSR count). The summed E-state index contributed by atoms with van der Waals surface area (Å²) in [5.41, 5.74) is 2.20. The van der Waals surface area contributed by atoms with Crippen LogP contribution in [0.25, 0.3) is 0 Å². The quantitative estimate of drug-likeness (QED) is 0.851. The number of nitrogens with one attached hydrogen (secondary N) is 2. The van der Waals surface area contributed by atoms with Crippen molar-refractivity contribution in [1.29, 1.82) is 0 Å². The number of rotatable bonds is 4. The van der Waals surface area contributed by atoms with Crippen molar-refractivity contribution in [3.8, 4) is 0 Å². The van der Waals surface area contributed by atoms with Gasteiger partial charge in [0.15, 0.2) is 0 Å². The highest BCUT2D eigenvalue weighted by Crippen LogP contribution is 2.32. The van der Waals surface area contributed by atoms with Gasteiger partial charge in [-0.25, -0.2) is 0 Å². The van der Waals surface area contributed by atoms with E-state index >= 15 is 0 Å². The minimum Gasteiger partial charge on any atom is -0.387 e. The second-order valence-electron chi connectivity index (χ2n) is 5.66. The summed E-state index contributed by atoms with van der Waals surface area (Å²) in [4.78, 5) is 4.27. The molecule has 0 amide bonds. The van der Waals surface area contributed by atoms with E-state index in [1.807, 2.05) is 19.4 Å². The van der Waals surface area contributed by atoms with Gasteiger partial charge in [-0.05, 0) is 30.7 Å². The zero-order valence-electron chi connectivity index (χ0n) is 11.7. The van der Waals surface area contributed by atoms with Crippen molar-refractivity contribution in [2.75, 3.05) is 17.7 Å². The Balaban J connectivity index is 2.05. The Labute approximate surface area is 110 Å². The molecule has 1 aromatic rings. The third kappa shape index (κ3) is 3.15. The molecule has 0 saturated heterocycles. The van der Waals surface area contributed by atoms with Gasteiger partial charge >= 0.3 is 0 Å². The minimum absolute atomic E-state index is 0.604. The number of pyridine rings is 1. The average molecular weight is 247 g/mol. The van der Waals surface area contributed by atoms with Crippen molar-refractivity contribution in [3.63, 3.8) is 0 Å². The van der Waals surface area contributed by atoms with E-state index < -0.39 is 0 Å². The molecule has 0 aliphatic heterocycles. The molecule has 3 nitrogen and oxygen atoms in total. The summed E-state index contributed by atoms with van der Waals surface area (Å²) >= 11 is 0. The maximum atomic E-state index is 4.27. The topological polar surface area (TPSA) is 37.0 Å². The fraction of sp³-hybridized carbons (Fsp3) is 0.667. The summed E-state index contributed by atoms with van der Waals surface area (Å²) in [6.45, 7) is 4.68. The lowest BCUT2D eigenvalue weighted by molar-refractivity contribution is 0.254. The molecular weight excluding hydrogens is 222 g/mol. The van der Waals surface area contributed by atoms with Crippen molar-refractivity contribution in [1.82, 2.24) is 4.98 Å². The first kappa shape index (κ1) is 13.2. The van der Waals surface area contributed by atoms with Gasteiger partial charge in [0.05, 0.1) is 23.8 Å². The van der Waals surface area contributed by atoms with Gasteiger partial charge in [0.2, 0.25) is 0 Å². The molecule has 1 fully saturated rings. The first-order valence-electron chi connectivity index (χ1n) is 7.10. The maximum Gasteiger partial charge on any atom is 0.0549 e. The molecule has 0 bridgehead atoms. The molecule has 100 valence electrons. The zero-order chi connectivity index (χ0) is 13.0. The predicted molar refractivity (Wildman–Crippen MR) is 78.0 cm³/mol. The van der Waals surface area contributed by atoms with Crippen LogP contribution in [0.2, 0.25) is 0 Å². The van der Waals surface area contributed by atoms with Crippen molar-refractivity contribution in [2.45, 2.75) is 45.6 Å². The van der Waals surface area contributed by atoms with E-state index in [2.05, 4.69) is 35.5 Å². The second-order valence-corrected chi connectivity index (χ2v) is 5.66. The standard InChI is InChI=1S/C15H25N3/c1-11(2)14-6-4-5-7-15(14)18-13-8-12(16-3)9-17-10-13/h8-11,14-16,18H,4-7H2,1-3H3. The molecule has 0 aromatic carbocycles. The molecule has 2 N–H and O–H groups in total. The molecule has 2 unspecified atom stereocenters. The Morgan fingerprint density at radius 3 is 2.61 bits per heavy atom. The Hall–Kier alpha value is -1.25. The highest BCUT2D eigenvalue weighted by molar-refractivity contribution is 5.54. The van der Waals surface area contributed by atoms with Crippen LogP contribution in [0.15, 0.2) is 18.5 Å². The van der Waals surface area contributed by atoms with E-state index in [-0.39, 0.29) is 0 Å². The van der Waals surface area contributed by atoms with Gasteiger partial charge in [-0.3, -0.25) is 4.98 Å². The molecule has 0 radical (unpaired) electrons. The van der Waals surface area contributed by atoms with Crippen molar-refractivity contribution in [2.24, 2.45) is 11.8 Å². The van der Waals surface area contributed by atoms with E-state index in [1.165, 1.54) is 25.7 Å². The lowest BCUT2D eigenvalue weighted by Crippen LogP contribution is -2.35. The fourth-order valence-corrected chi connectivity index (χ4v) is 3.01. The predicted octanol–water partition coefficient (Wildman–Crippen LogP) is 3.75. The Morgan fingerprint density at radius 2 is 1.89 bits per heavy atom. The molecule has 18 heavy (non-hydrogen) atoms. The molecule has 1 saturated carbocycles. The Morgan fingerprint density at radius 1 is 1.17 bits per heavy atom. The minimum atomic E-state index is 0.604. The van der Waals surface area contributed by atoms with Gasteiger partial charge in [0, 0.05) is 13.1 Å². The molecule has 1 aliphatic carbocycles. The summed E-state index contributed by atoms with van der Waals surface area (Å²) < 4.78 is 0. The summed E-state index contributed by atoms with van der Waals surface area (Å²) in [7, 11) is 1.93. The lowest BCUT2D eigenvalue weighted by atomic mass is 9.78. The maximum absolute atomic E-state index is 4.27. The molecule has 1 aliphatic rings. The van der Waals surface area contributed by atoms with E-state index in [4.69, 9.17) is 0 Å². The van der Waals surface area contributed by atoms with Crippen molar-refractivity contribution in [3.05, 3.63) is 18.5 Å². The largest absolute Gasteiger partial charge is 0.387 e. The van der Waals surface area contributed by atoms with Gasteiger partial charge in [0.1, 0.15) is 0 Å². The van der Waals surface area contributed by atoms with Crippen LogP contribution in [0.3, 0.4) is 0 Å². The molecular formula is C15H25N3. The van der Waals surface area contributed by atoms with Gasteiger partial charge in [-0.15, -0.1) is 0 Å².